The molecule has 2 aromatic rings. The van der Waals surface area contributed by atoms with E-state index in [9.17, 15) is 19.1 Å². The van der Waals surface area contributed by atoms with Crippen LogP contribution in [-0.4, -0.2) is 63.1 Å². The van der Waals surface area contributed by atoms with Crippen LogP contribution in [0.2, 0.25) is 0 Å². The van der Waals surface area contributed by atoms with Crippen LogP contribution in [0.3, 0.4) is 0 Å². The molecule has 2 aromatic carbocycles. The van der Waals surface area contributed by atoms with Crippen molar-refractivity contribution in [2.24, 2.45) is 0 Å². The monoisotopic (exact) mass is 454 g/mol. The second kappa shape index (κ2) is 10.1. The maximum absolute atomic E-state index is 14.1. The molecule has 2 fully saturated rings. The topological polar surface area (TPSA) is 83.3 Å². The minimum atomic E-state index is -0.921. The van der Waals surface area contributed by atoms with Crippen LogP contribution in [0.4, 0.5) is 4.39 Å². The van der Waals surface area contributed by atoms with Gasteiger partial charge in [0.05, 0.1) is 32.9 Å². The van der Waals surface area contributed by atoms with Crippen molar-refractivity contribution in [2.75, 3.05) is 46.5 Å². The Morgan fingerprint density at radius 1 is 1.18 bits per heavy atom. The average Bonchev–Trinajstić information content (AvgIpc) is 3.09. The van der Waals surface area contributed by atoms with Crippen molar-refractivity contribution in [3.63, 3.8) is 0 Å². The molecule has 0 bridgehead atoms. The van der Waals surface area contributed by atoms with Crippen LogP contribution in [0.15, 0.2) is 54.1 Å². The van der Waals surface area contributed by atoms with Crippen LogP contribution in [0.1, 0.15) is 23.6 Å². The number of likely N-dealkylation sites (tertiary alicyclic amines) is 1. The van der Waals surface area contributed by atoms with Gasteiger partial charge in [-0.15, -0.1) is 0 Å². The summed E-state index contributed by atoms with van der Waals surface area (Å²) in [5.41, 5.74) is 0.534. The van der Waals surface area contributed by atoms with E-state index < -0.39 is 29.3 Å². The van der Waals surface area contributed by atoms with Gasteiger partial charge >= 0.3 is 0 Å². The average molecular weight is 454 g/mol. The zero-order chi connectivity index (χ0) is 23.4. The number of methoxy groups -OCH3 is 1. The van der Waals surface area contributed by atoms with Crippen LogP contribution < -0.4 is 14.7 Å². The number of benzene rings is 2. The molecule has 2 aliphatic heterocycles. The van der Waals surface area contributed by atoms with Gasteiger partial charge in [0.1, 0.15) is 24.7 Å². The number of hydrogen-bond donors (Lipinski definition) is 1. The van der Waals surface area contributed by atoms with Crippen molar-refractivity contribution < 1.29 is 33.5 Å². The van der Waals surface area contributed by atoms with Gasteiger partial charge in [0, 0.05) is 18.5 Å². The van der Waals surface area contributed by atoms with Crippen LogP contribution in [-0.2, 0) is 14.3 Å². The summed E-state index contributed by atoms with van der Waals surface area (Å²) in [5.74, 6) is -2.01. The van der Waals surface area contributed by atoms with Crippen molar-refractivity contribution in [3.05, 3.63) is 71.0 Å². The molecule has 33 heavy (non-hydrogen) atoms. The first-order valence-corrected chi connectivity index (χ1v) is 11.1. The number of ether oxygens (including phenoxy) is 2. The fourth-order valence-corrected chi connectivity index (χ4v) is 4.43. The number of ketones is 1. The van der Waals surface area contributed by atoms with Crippen molar-refractivity contribution in [1.82, 2.24) is 4.90 Å². The summed E-state index contributed by atoms with van der Waals surface area (Å²) in [5, 5.41) is 13.3. The number of hydrogen-bond acceptors (Lipinski definition) is 5. The minimum absolute atomic E-state index is 0.144. The van der Waals surface area contributed by atoms with Crippen LogP contribution in [0.5, 0.6) is 5.75 Å². The Hall–Kier alpha value is -3.23. The van der Waals surface area contributed by atoms with Crippen molar-refractivity contribution in [2.45, 2.75) is 12.5 Å². The van der Waals surface area contributed by atoms with E-state index in [1.807, 2.05) is 0 Å². The Kier molecular flexibility index (Phi) is 7.05. The van der Waals surface area contributed by atoms with Gasteiger partial charge in [-0.25, -0.2) is 4.39 Å². The quantitative estimate of drug-likeness (QED) is 0.371. The lowest BCUT2D eigenvalue weighted by Gasteiger charge is -2.29. The molecule has 1 atom stereocenters. The van der Waals surface area contributed by atoms with Gasteiger partial charge < -0.3 is 24.4 Å². The second-order valence-electron chi connectivity index (χ2n) is 8.22. The molecule has 4 rings (SSSR count). The summed E-state index contributed by atoms with van der Waals surface area (Å²) < 4.78 is 24.6. The fourth-order valence-electron chi connectivity index (χ4n) is 4.43. The van der Waals surface area contributed by atoms with E-state index in [1.54, 1.807) is 30.3 Å². The standard InChI is InChI=1S/C25H27FN2O5/c1-32-20-8-6-17(7-9-20)23(29)21-22(18-4-2-5-19(26)16-18)28(25(31)24(21)30)11-3-10-27-12-14-33-15-13-27/h2,4-9,16,22,29H,3,10-15H2,1H3. The van der Waals surface area contributed by atoms with Gasteiger partial charge in [-0.3, -0.25) is 9.59 Å². The number of Topliss-reactive ketones (excluding diaryl/α,β-unsaturated/α-hetero) is 1. The van der Waals surface area contributed by atoms with Crippen molar-refractivity contribution in [3.8, 4) is 5.75 Å². The normalized spacial score (nSPS) is 20.9. The molecule has 1 unspecified atom stereocenters. The molecule has 0 aliphatic carbocycles. The van der Waals surface area contributed by atoms with Gasteiger partial charge in [-0.05, 0) is 35.4 Å². The molecule has 1 N–H and O–H groups in total. The van der Waals surface area contributed by atoms with Crippen LogP contribution >= 0.6 is 0 Å². The molecule has 2 aliphatic rings. The summed E-state index contributed by atoms with van der Waals surface area (Å²) >= 11 is 0. The zero-order valence-corrected chi connectivity index (χ0v) is 18.5. The van der Waals surface area contributed by atoms with E-state index in [0.717, 1.165) is 19.6 Å². The lowest BCUT2D eigenvalue weighted by molar-refractivity contribution is -0.908. The summed E-state index contributed by atoms with van der Waals surface area (Å²) in [4.78, 5) is 28.7. The largest absolute Gasteiger partial charge is 0.872 e. The third-order valence-corrected chi connectivity index (χ3v) is 6.18. The number of nitrogens with zero attached hydrogens (tertiary/aromatic N) is 1. The third kappa shape index (κ3) is 4.91. The van der Waals surface area contributed by atoms with Gasteiger partial charge in [0.2, 0.25) is 5.78 Å². The zero-order valence-electron chi connectivity index (χ0n) is 18.5. The smallest absolute Gasteiger partial charge is 0.295 e. The second-order valence-corrected chi connectivity index (χ2v) is 8.22. The number of amides is 1. The van der Waals surface area contributed by atoms with E-state index in [4.69, 9.17) is 9.47 Å². The Bertz CT molecular complexity index is 1050. The highest BCUT2D eigenvalue weighted by atomic mass is 19.1. The molecular formula is C25H27FN2O5. The highest BCUT2D eigenvalue weighted by molar-refractivity contribution is 6.46. The van der Waals surface area contributed by atoms with Gasteiger partial charge in [0.25, 0.3) is 5.91 Å². The van der Waals surface area contributed by atoms with Gasteiger partial charge in [0.15, 0.2) is 0 Å². The van der Waals surface area contributed by atoms with Crippen LogP contribution in [0, 0.1) is 5.82 Å². The van der Waals surface area contributed by atoms with Crippen LogP contribution in [0.25, 0.3) is 5.76 Å². The molecule has 1 amide bonds. The number of halogens is 1. The SMILES string of the molecule is COc1ccc(C([O-])=C2C(=O)C(=O)N(CCC[NH+]3CCOCC3)C2c2cccc(F)c2)cc1. The number of quaternary nitrogens is 1. The van der Waals surface area contributed by atoms with E-state index in [0.29, 0.717) is 37.5 Å². The predicted octanol–water partition coefficient (Wildman–Crippen LogP) is 0.364. The summed E-state index contributed by atoms with van der Waals surface area (Å²) in [6.07, 6.45) is 0.657. The molecule has 174 valence electrons. The number of nitrogens with one attached hydrogen (secondary N) is 1. The predicted molar refractivity (Wildman–Crippen MR) is 117 cm³/mol. The third-order valence-electron chi connectivity index (χ3n) is 6.18. The van der Waals surface area contributed by atoms with E-state index >= 15 is 0 Å². The lowest BCUT2D eigenvalue weighted by Crippen LogP contribution is -3.14. The minimum Gasteiger partial charge on any atom is -0.872 e. The molecule has 2 saturated heterocycles. The first-order valence-electron chi connectivity index (χ1n) is 11.1. The molecule has 0 aromatic heterocycles. The fraction of sp³-hybridized carbons (Fsp3) is 0.360. The number of morpholine rings is 1. The Morgan fingerprint density at radius 3 is 2.58 bits per heavy atom. The molecule has 8 heteroatoms. The molecule has 0 spiro atoms. The summed E-state index contributed by atoms with van der Waals surface area (Å²) in [6, 6.07) is 11.2. The van der Waals surface area contributed by atoms with E-state index in [2.05, 4.69) is 0 Å². The lowest BCUT2D eigenvalue weighted by atomic mass is 9.95. The molecule has 0 radical (unpaired) electrons. The van der Waals surface area contributed by atoms with Gasteiger partial charge in [-0.1, -0.05) is 30.0 Å². The molecular weight excluding hydrogens is 427 g/mol. The Morgan fingerprint density at radius 2 is 1.91 bits per heavy atom. The first kappa shape index (κ1) is 22.9. The summed E-state index contributed by atoms with van der Waals surface area (Å²) in [6.45, 7) is 4.32. The Labute approximate surface area is 192 Å². The highest BCUT2D eigenvalue weighted by Crippen LogP contribution is 2.39. The molecule has 7 nitrogen and oxygen atoms in total. The summed E-state index contributed by atoms with van der Waals surface area (Å²) in [7, 11) is 1.52. The van der Waals surface area contributed by atoms with E-state index in [-0.39, 0.29) is 11.1 Å². The maximum Gasteiger partial charge on any atom is 0.295 e. The van der Waals surface area contributed by atoms with Crippen molar-refractivity contribution >= 4 is 17.4 Å². The van der Waals surface area contributed by atoms with E-state index in [1.165, 1.54) is 35.1 Å². The number of carbonyl (C=O) groups excluding carboxylic acids is 2. The first-order chi connectivity index (χ1) is 16.0. The number of rotatable bonds is 7. The molecule has 0 saturated carbocycles. The molecule has 2 heterocycles. The number of carbonyl (C=O) groups is 2. The van der Waals surface area contributed by atoms with Gasteiger partial charge in [-0.2, -0.15) is 0 Å². The maximum atomic E-state index is 14.1. The highest BCUT2D eigenvalue weighted by Gasteiger charge is 2.44. The Balaban J connectivity index is 1.66. The van der Waals surface area contributed by atoms with Crippen molar-refractivity contribution in [1.29, 1.82) is 0 Å².